The van der Waals surface area contributed by atoms with Crippen molar-refractivity contribution in [1.29, 1.82) is 0 Å². The molecule has 0 aliphatic carbocycles. The van der Waals surface area contributed by atoms with Gasteiger partial charge in [-0.05, 0) is 12.1 Å². The number of nitrogens with two attached hydrogens (primary N) is 1. The molecular weight excluding hydrogens is 172 g/mol. The zero-order valence-electron chi connectivity index (χ0n) is 6.84. The minimum absolute atomic E-state index is 0.0285. The van der Waals surface area contributed by atoms with E-state index in [1.807, 2.05) is 0 Å². The number of pyridine rings is 1. The minimum Gasteiger partial charge on any atom is -0.506 e. The van der Waals surface area contributed by atoms with Crippen LogP contribution in [0.5, 0.6) is 5.75 Å². The molecule has 0 aliphatic rings. The molecule has 1 rings (SSSR count). The highest BCUT2D eigenvalue weighted by Gasteiger charge is 2.14. The summed E-state index contributed by atoms with van der Waals surface area (Å²) in [6.45, 7) is 0. The van der Waals surface area contributed by atoms with Gasteiger partial charge in [-0.15, -0.1) is 0 Å². The number of hydrogen-bond acceptors (Lipinski definition) is 4. The fraction of sp³-hybridized carbons (Fsp3) is 0.250. The molecule has 70 valence electrons. The van der Waals surface area contributed by atoms with E-state index in [1.54, 1.807) is 6.07 Å². The van der Waals surface area contributed by atoms with Crippen LogP contribution in [-0.4, -0.2) is 27.2 Å². The number of nitrogens with zero attached hydrogens (tertiary/aromatic N) is 1. The topological polar surface area (TPSA) is 96.4 Å². The van der Waals surface area contributed by atoms with Crippen molar-refractivity contribution >= 4 is 5.97 Å². The number of aliphatic carboxylic acids is 1. The van der Waals surface area contributed by atoms with Crippen LogP contribution in [0.15, 0.2) is 18.3 Å². The number of rotatable bonds is 3. The molecule has 0 aromatic carbocycles. The molecule has 4 N–H and O–H groups in total. The summed E-state index contributed by atoms with van der Waals surface area (Å²) in [6.07, 6.45) is 1.51. The molecular formula is C8H10N2O3. The fourth-order valence-corrected chi connectivity index (χ4v) is 0.882. The molecule has 0 amide bonds. The molecule has 0 saturated heterocycles. The van der Waals surface area contributed by atoms with Crippen molar-refractivity contribution in [1.82, 2.24) is 4.98 Å². The zero-order valence-corrected chi connectivity index (χ0v) is 6.84. The van der Waals surface area contributed by atoms with Crippen LogP contribution in [0, 0.1) is 0 Å². The highest BCUT2D eigenvalue weighted by molar-refractivity contribution is 5.73. The smallest absolute Gasteiger partial charge is 0.320 e. The maximum atomic E-state index is 10.4. The van der Waals surface area contributed by atoms with Crippen molar-refractivity contribution < 1.29 is 15.0 Å². The van der Waals surface area contributed by atoms with Crippen LogP contribution in [0.25, 0.3) is 0 Å². The van der Waals surface area contributed by atoms with Crippen LogP contribution < -0.4 is 5.73 Å². The maximum absolute atomic E-state index is 10.4. The Labute approximate surface area is 74.8 Å². The van der Waals surface area contributed by atoms with E-state index in [0.717, 1.165) is 0 Å². The van der Waals surface area contributed by atoms with Gasteiger partial charge >= 0.3 is 5.97 Å². The lowest BCUT2D eigenvalue weighted by Crippen LogP contribution is -2.32. The van der Waals surface area contributed by atoms with Crippen LogP contribution in [0.2, 0.25) is 0 Å². The summed E-state index contributed by atoms with van der Waals surface area (Å²) >= 11 is 0. The Balaban J connectivity index is 2.74. The zero-order chi connectivity index (χ0) is 9.84. The average Bonchev–Trinajstić information content (AvgIpc) is 2.08. The van der Waals surface area contributed by atoms with Crippen molar-refractivity contribution in [3.63, 3.8) is 0 Å². The first-order chi connectivity index (χ1) is 6.11. The fourth-order valence-electron chi connectivity index (χ4n) is 0.882. The lowest BCUT2D eigenvalue weighted by atomic mass is 10.1. The first kappa shape index (κ1) is 9.47. The molecule has 0 radical (unpaired) electrons. The van der Waals surface area contributed by atoms with Gasteiger partial charge in [-0.3, -0.25) is 9.78 Å². The maximum Gasteiger partial charge on any atom is 0.320 e. The molecule has 0 aliphatic heterocycles. The van der Waals surface area contributed by atoms with Crippen LogP contribution in [0.3, 0.4) is 0 Å². The second kappa shape index (κ2) is 3.86. The summed E-state index contributed by atoms with van der Waals surface area (Å²) in [4.78, 5) is 14.2. The quantitative estimate of drug-likeness (QED) is 0.598. The van der Waals surface area contributed by atoms with E-state index in [9.17, 15) is 9.90 Å². The van der Waals surface area contributed by atoms with Gasteiger partial charge in [0, 0.05) is 12.6 Å². The molecule has 1 atom stereocenters. The van der Waals surface area contributed by atoms with Crippen LogP contribution in [0.1, 0.15) is 5.69 Å². The van der Waals surface area contributed by atoms with Gasteiger partial charge in [0.15, 0.2) is 0 Å². The summed E-state index contributed by atoms with van der Waals surface area (Å²) in [6, 6.07) is 1.97. The molecule has 1 aromatic rings. The highest BCUT2D eigenvalue weighted by atomic mass is 16.4. The van der Waals surface area contributed by atoms with E-state index in [1.165, 1.54) is 12.3 Å². The normalized spacial score (nSPS) is 12.4. The van der Waals surface area contributed by atoms with E-state index in [4.69, 9.17) is 10.8 Å². The first-order valence-corrected chi connectivity index (χ1v) is 3.72. The highest BCUT2D eigenvalue weighted by Crippen LogP contribution is 2.13. The molecule has 13 heavy (non-hydrogen) atoms. The van der Waals surface area contributed by atoms with E-state index in [0.29, 0.717) is 5.69 Å². The SMILES string of the molecule is NC(Cc1ncccc1O)C(=O)O. The summed E-state index contributed by atoms with van der Waals surface area (Å²) in [7, 11) is 0. The molecule has 5 heteroatoms. The van der Waals surface area contributed by atoms with Gasteiger partial charge < -0.3 is 15.9 Å². The third-order valence-corrected chi connectivity index (χ3v) is 1.60. The van der Waals surface area contributed by atoms with Crippen molar-refractivity contribution in [2.45, 2.75) is 12.5 Å². The molecule has 5 nitrogen and oxygen atoms in total. The number of hydrogen-bond donors (Lipinski definition) is 3. The number of aromatic hydroxyl groups is 1. The summed E-state index contributed by atoms with van der Waals surface area (Å²) < 4.78 is 0. The average molecular weight is 182 g/mol. The summed E-state index contributed by atoms with van der Waals surface area (Å²) in [5.74, 6) is -1.13. The Morgan fingerprint density at radius 2 is 2.38 bits per heavy atom. The van der Waals surface area contributed by atoms with Gasteiger partial charge in [0.25, 0.3) is 0 Å². The Morgan fingerprint density at radius 1 is 1.69 bits per heavy atom. The molecule has 0 fully saturated rings. The molecule has 0 saturated carbocycles. The van der Waals surface area contributed by atoms with Crippen molar-refractivity contribution in [2.75, 3.05) is 0 Å². The van der Waals surface area contributed by atoms with E-state index in [-0.39, 0.29) is 12.2 Å². The second-order valence-corrected chi connectivity index (χ2v) is 2.62. The van der Waals surface area contributed by atoms with Crippen LogP contribution in [-0.2, 0) is 11.2 Å². The Bertz CT molecular complexity index is 314. The molecule has 0 spiro atoms. The third kappa shape index (κ3) is 2.41. The first-order valence-electron chi connectivity index (χ1n) is 3.72. The van der Waals surface area contributed by atoms with Gasteiger partial charge in [-0.2, -0.15) is 0 Å². The van der Waals surface area contributed by atoms with Crippen LogP contribution in [0.4, 0.5) is 0 Å². The Morgan fingerprint density at radius 3 is 2.92 bits per heavy atom. The predicted molar refractivity (Wildman–Crippen MR) is 45.2 cm³/mol. The van der Waals surface area contributed by atoms with Gasteiger partial charge in [-0.1, -0.05) is 0 Å². The van der Waals surface area contributed by atoms with Gasteiger partial charge in [0.1, 0.15) is 11.8 Å². The summed E-state index contributed by atoms with van der Waals surface area (Å²) in [5, 5.41) is 17.7. The van der Waals surface area contributed by atoms with Gasteiger partial charge in [0.05, 0.1) is 5.69 Å². The lowest BCUT2D eigenvalue weighted by Gasteiger charge is -2.06. The molecule has 1 aromatic heterocycles. The Kier molecular flexibility index (Phi) is 2.81. The van der Waals surface area contributed by atoms with E-state index >= 15 is 0 Å². The number of carbonyl (C=O) groups is 1. The van der Waals surface area contributed by atoms with Crippen molar-refractivity contribution in [3.8, 4) is 5.75 Å². The van der Waals surface area contributed by atoms with Gasteiger partial charge in [0.2, 0.25) is 0 Å². The monoisotopic (exact) mass is 182 g/mol. The largest absolute Gasteiger partial charge is 0.506 e. The van der Waals surface area contributed by atoms with Gasteiger partial charge in [-0.25, -0.2) is 0 Å². The van der Waals surface area contributed by atoms with Crippen molar-refractivity contribution in [3.05, 3.63) is 24.0 Å². The number of carboxylic acid groups (broad SMARTS) is 1. The van der Waals surface area contributed by atoms with E-state index in [2.05, 4.69) is 4.98 Å². The number of carboxylic acids is 1. The number of aromatic nitrogens is 1. The standard InChI is InChI=1S/C8H10N2O3/c9-5(8(12)13)4-6-7(11)2-1-3-10-6/h1-3,5,11H,4,9H2,(H,12,13). The third-order valence-electron chi connectivity index (χ3n) is 1.60. The predicted octanol–water partition coefficient (Wildman–Crippen LogP) is -0.258. The second-order valence-electron chi connectivity index (χ2n) is 2.62. The van der Waals surface area contributed by atoms with Crippen LogP contribution >= 0.6 is 0 Å². The minimum atomic E-state index is -1.11. The van der Waals surface area contributed by atoms with Crippen molar-refractivity contribution in [2.24, 2.45) is 5.73 Å². The Hall–Kier alpha value is -1.62. The summed E-state index contributed by atoms with van der Waals surface area (Å²) in [5.41, 5.74) is 5.57. The molecule has 1 heterocycles. The molecule has 1 unspecified atom stereocenters. The lowest BCUT2D eigenvalue weighted by molar-refractivity contribution is -0.138. The molecule has 0 bridgehead atoms. The van der Waals surface area contributed by atoms with E-state index < -0.39 is 12.0 Å².